The van der Waals surface area contributed by atoms with Gasteiger partial charge in [-0.1, -0.05) is 0 Å². The molecular weight excluding hydrogens is 202 g/mol. The summed E-state index contributed by atoms with van der Waals surface area (Å²) in [6, 6.07) is 2.33. The van der Waals surface area contributed by atoms with Crippen LogP contribution in [0.5, 0.6) is 0 Å². The lowest BCUT2D eigenvalue weighted by Crippen LogP contribution is -2.35. The van der Waals surface area contributed by atoms with Crippen molar-refractivity contribution in [2.45, 2.75) is 45.8 Å². The summed E-state index contributed by atoms with van der Waals surface area (Å²) in [6.07, 6.45) is 2.00. The molecule has 1 N–H and O–H groups in total. The molecule has 0 bridgehead atoms. The molecule has 0 aliphatic carbocycles. The lowest BCUT2D eigenvalue weighted by atomic mass is 10.1. The molecular formula is C12H23N3O. The van der Waals surface area contributed by atoms with Gasteiger partial charge in [0.05, 0.1) is 18.3 Å². The molecule has 1 unspecified atom stereocenters. The highest BCUT2D eigenvalue weighted by Gasteiger charge is 2.10. The number of ether oxygens (including phenoxy) is 1. The van der Waals surface area contributed by atoms with E-state index in [0.29, 0.717) is 6.61 Å². The number of hydrogen-bond acceptors (Lipinski definition) is 3. The molecule has 0 fully saturated rings. The van der Waals surface area contributed by atoms with Gasteiger partial charge in [-0.2, -0.15) is 5.10 Å². The predicted molar refractivity (Wildman–Crippen MR) is 65.4 cm³/mol. The van der Waals surface area contributed by atoms with Crippen molar-refractivity contribution in [3.8, 4) is 0 Å². The van der Waals surface area contributed by atoms with Crippen LogP contribution in [-0.2, 0) is 11.3 Å². The molecule has 16 heavy (non-hydrogen) atoms. The molecule has 0 saturated carbocycles. The monoisotopic (exact) mass is 225 g/mol. The van der Waals surface area contributed by atoms with Gasteiger partial charge in [0.15, 0.2) is 0 Å². The Morgan fingerprint density at radius 3 is 2.75 bits per heavy atom. The largest absolute Gasteiger partial charge is 0.382 e. The maximum Gasteiger partial charge on any atom is 0.0762 e. The van der Waals surface area contributed by atoms with E-state index < -0.39 is 0 Å². The summed E-state index contributed by atoms with van der Waals surface area (Å²) in [5, 5.41) is 7.92. The van der Waals surface area contributed by atoms with E-state index in [4.69, 9.17) is 4.74 Å². The molecule has 1 aromatic rings. The van der Waals surface area contributed by atoms with Crippen LogP contribution in [0.2, 0.25) is 0 Å². The summed E-state index contributed by atoms with van der Waals surface area (Å²) < 4.78 is 7.05. The van der Waals surface area contributed by atoms with Crippen LogP contribution in [0.15, 0.2) is 12.3 Å². The minimum absolute atomic E-state index is 0.127. The number of nitrogens with one attached hydrogen (secondary N) is 1. The summed E-state index contributed by atoms with van der Waals surface area (Å²) in [5.41, 5.74) is 1.19. The Bertz CT molecular complexity index is 314. The number of nitrogens with zero attached hydrogens (tertiary/aromatic N) is 2. The molecule has 0 radical (unpaired) electrons. The third kappa shape index (κ3) is 4.33. The lowest BCUT2D eigenvalue weighted by molar-refractivity contribution is 0.156. The zero-order valence-corrected chi connectivity index (χ0v) is 10.9. The van der Waals surface area contributed by atoms with E-state index >= 15 is 0 Å². The summed E-state index contributed by atoms with van der Waals surface area (Å²) in [7, 11) is 1.71. The van der Waals surface area contributed by atoms with Crippen LogP contribution in [0, 0.1) is 0 Å². The van der Waals surface area contributed by atoms with Gasteiger partial charge in [0.2, 0.25) is 0 Å². The van der Waals surface area contributed by atoms with Gasteiger partial charge in [-0.25, -0.2) is 0 Å². The maximum atomic E-state index is 5.11. The fourth-order valence-electron chi connectivity index (χ4n) is 1.39. The molecule has 0 aliphatic heterocycles. The molecule has 4 heteroatoms. The van der Waals surface area contributed by atoms with E-state index in [-0.39, 0.29) is 11.6 Å². The zero-order valence-electron chi connectivity index (χ0n) is 10.9. The first-order chi connectivity index (χ1) is 7.42. The van der Waals surface area contributed by atoms with Crippen molar-refractivity contribution in [3.63, 3.8) is 0 Å². The van der Waals surface area contributed by atoms with E-state index in [1.807, 2.05) is 16.9 Å². The second-order valence-corrected chi connectivity index (χ2v) is 5.20. The van der Waals surface area contributed by atoms with Crippen LogP contribution in [0.25, 0.3) is 0 Å². The average molecular weight is 225 g/mol. The second kappa shape index (κ2) is 5.46. The third-order valence-electron chi connectivity index (χ3n) is 2.32. The minimum Gasteiger partial charge on any atom is -0.382 e. The first-order valence-corrected chi connectivity index (χ1v) is 5.70. The van der Waals surface area contributed by atoms with Crippen LogP contribution >= 0.6 is 0 Å². The number of aromatic nitrogens is 2. The van der Waals surface area contributed by atoms with Crippen molar-refractivity contribution in [1.29, 1.82) is 0 Å². The first kappa shape index (κ1) is 13.2. The first-order valence-electron chi connectivity index (χ1n) is 5.70. The van der Waals surface area contributed by atoms with Crippen molar-refractivity contribution in [1.82, 2.24) is 15.1 Å². The van der Waals surface area contributed by atoms with Gasteiger partial charge in [0.25, 0.3) is 0 Å². The SMILES string of the molecule is COCC(C)n1ccc(CNC(C)(C)C)n1. The van der Waals surface area contributed by atoms with E-state index in [2.05, 4.69) is 38.1 Å². The van der Waals surface area contributed by atoms with Crippen molar-refractivity contribution in [3.05, 3.63) is 18.0 Å². The third-order valence-corrected chi connectivity index (χ3v) is 2.32. The normalized spacial score (nSPS) is 14.1. The Morgan fingerprint density at radius 2 is 2.19 bits per heavy atom. The Labute approximate surface area is 98.0 Å². The van der Waals surface area contributed by atoms with E-state index in [1.165, 1.54) is 0 Å². The van der Waals surface area contributed by atoms with Crippen molar-refractivity contribution in [2.75, 3.05) is 13.7 Å². The highest BCUT2D eigenvalue weighted by Crippen LogP contribution is 2.07. The summed E-state index contributed by atoms with van der Waals surface area (Å²) in [5.74, 6) is 0. The molecule has 4 nitrogen and oxygen atoms in total. The molecule has 0 amide bonds. The molecule has 0 spiro atoms. The van der Waals surface area contributed by atoms with E-state index in [0.717, 1.165) is 12.2 Å². The van der Waals surface area contributed by atoms with E-state index in [9.17, 15) is 0 Å². The quantitative estimate of drug-likeness (QED) is 0.833. The van der Waals surface area contributed by atoms with Crippen LogP contribution in [0.3, 0.4) is 0 Å². The van der Waals surface area contributed by atoms with E-state index in [1.54, 1.807) is 7.11 Å². The Hall–Kier alpha value is -0.870. The second-order valence-electron chi connectivity index (χ2n) is 5.20. The van der Waals surface area contributed by atoms with Crippen molar-refractivity contribution in [2.24, 2.45) is 0 Å². The molecule has 92 valence electrons. The van der Waals surface area contributed by atoms with Gasteiger partial charge < -0.3 is 10.1 Å². The Morgan fingerprint density at radius 1 is 1.50 bits per heavy atom. The van der Waals surface area contributed by atoms with Crippen molar-refractivity contribution >= 4 is 0 Å². The summed E-state index contributed by atoms with van der Waals surface area (Å²) >= 11 is 0. The fraction of sp³-hybridized carbons (Fsp3) is 0.750. The molecule has 0 saturated heterocycles. The Kier molecular flexibility index (Phi) is 4.50. The highest BCUT2D eigenvalue weighted by atomic mass is 16.5. The number of methoxy groups -OCH3 is 1. The summed E-state index contributed by atoms with van der Waals surface area (Å²) in [6.45, 7) is 10.0. The van der Waals surface area contributed by atoms with Crippen LogP contribution in [-0.4, -0.2) is 29.0 Å². The topological polar surface area (TPSA) is 39.1 Å². The number of rotatable bonds is 5. The minimum atomic E-state index is 0.127. The van der Waals surface area contributed by atoms with Gasteiger partial charge >= 0.3 is 0 Å². The lowest BCUT2D eigenvalue weighted by Gasteiger charge is -2.19. The molecule has 1 rings (SSSR count). The van der Waals surface area contributed by atoms with Gasteiger partial charge in [-0.3, -0.25) is 4.68 Å². The van der Waals surface area contributed by atoms with Crippen molar-refractivity contribution < 1.29 is 4.74 Å². The van der Waals surface area contributed by atoms with Crippen LogP contribution in [0.4, 0.5) is 0 Å². The molecule has 1 atom stereocenters. The number of hydrogen-bond donors (Lipinski definition) is 1. The molecule has 1 aromatic heterocycles. The zero-order chi connectivity index (χ0) is 12.2. The van der Waals surface area contributed by atoms with Crippen LogP contribution in [0.1, 0.15) is 39.4 Å². The van der Waals surface area contributed by atoms with Gasteiger partial charge in [0.1, 0.15) is 0 Å². The molecule has 0 aromatic carbocycles. The van der Waals surface area contributed by atoms with Gasteiger partial charge in [0, 0.05) is 25.4 Å². The van der Waals surface area contributed by atoms with Gasteiger partial charge in [-0.15, -0.1) is 0 Å². The molecule has 0 aliphatic rings. The summed E-state index contributed by atoms with van der Waals surface area (Å²) in [4.78, 5) is 0. The average Bonchev–Trinajstić information content (AvgIpc) is 2.62. The highest BCUT2D eigenvalue weighted by molar-refractivity contribution is 5.00. The predicted octanol–water partition coefficient (Wildman–Crippen LogP) is 1.98. The smallest absolute Gasteiger partial charge is 0.0762 e. The molecule has 1 heterocycles. The van der Waals surface area contributed by atoms with Gasteiger partial charge in [-0.05, 0) is 33.8 Å². The standard InChI is InChI=1S/C12H23N3O/c1-10(9-16-5)15-7-6-11(14-15)8-13-12(2,3)4/h6-7,10,13H,8-9H2,1-5H3. The maximum absolute atomic E-state index is 5.11. The Balaban J connectivity index is 2.51. The fourth-order valence-corrected chi connectivity index (χ4v) is 1.39. The van der Waals surface area contributed by atoms with Crippen LogP contribution < -0.4 is 5.32 Å².